The molecule has 1 aromatic heterocycles. The Morgan fingerprint density at radius 2 is 2.07 bits per heavy atom. The summed E-state index contributed by atoms with van der Waals surface area (Å²) in [5.41, 5.74) is 2.66. The van der Waals surface area contributed by atoms with Crippen LogP contribution in [0.1, 0.15) is 38.5 Å². The maximum Gasteiger partial charge on any atom is 0.270 e. The number of nitro groups is 1. The monoisotopic (exact) mass is 448 g/mol. The van der Waals surface area contributed by atoms with Crippen molar-refractivity contribution >= 4 is 38.9 Å². The first kappa shape index (κ1) is 21.0. The Hall–Kier alpha value is -2.30. The van der Waals surface area contributed by atoms with Crippen molar-refractivity contribution in [2.24, 2.45) is 15.9 Å². The van der Waals surface area contributed by atoms with Gasteiger partial charge in [-0.1, -0.05) is 26.8 Å². The van der Waals surface area contributed by atoms with E-state index in [0.717, 1.165) is 23.8 Å². The number of fused-ring (bicyclic) bond motifs is 2. The number of hydrogen-bond donors (Lipinski definition) is 1. The molecule has 0 amide bonds. The summed E-state index contributed by atoms with van der Waals surface area (Å²) in [6.45, 7) is 6.89. The molecule has 1 N–H and O–H groups in total. The van der Waals surface area contributed by atoms with Gasteiger partial charge in [0.2, 0.25) is 10.0 Å². The van der Waals surface area contributed by atoms with Crippen LogP contribution >= 0.6 is 11.3 Å². The normalized spacial score (nSPS) is 25.8. The lowest BCUT2D eigenvalue weighted by Crippen LogP contribution is -2.46. The lowest BCUT2D eigenvalue weighted by atomic mass is 9.69. The molecule has 10 heteroatoms. The highest BCUT2D eigenvalue weighted by Crippen LogP contribution is 2.60. The number of non-ortho nitro benzene ring substituents is 1. The molecule has 1 aromatic carbocycles. The zero-order valence-corrected chi connectivity index (χ0v) is 18.7. The Bertz CT molecular complexity index is 1110. The zero-order valence-electron chi connectivity index (χ0n) is 17.0. The van der Waals surface area contributed by atoms with Gasteiger partial charge in [0.05, 0.1) is 16.8 Å². The summed E-state index contributed by atoms with van der Waals surface area (Å²) in [7, 11) is -3.93. The Balaban J connectivity index is 1.69. The molecule has 4 rings (SSSR count). The second-order valence-electron chi connectivity index (χ2n) is 8.88. The largest absolute Gasteiger partial charge is 0.277 e. The van der Waals surface area contributed by atoms with Crippen LogP contribution in [-0.4, -0.2) is 36.4 Å². The Morgan fingerprint density at radius 3 is 2.63 bits per heavy atom. The van der Waals surface area contributed by atoms with Crippen molar-refractivity contribution in [3.8, 4) is 0 Å². The molecule has 2 heterocycles. The third-order valence-corrected chi connectivity index (χ3v) is 9.41. The summed E-state index contributed by atoms with van der Waals surface area (Å²) in [6.07, 6.45) is 3.16. The van der Waals surface area contributed by atoms with Gasteiger partial charge in [0.1, 0.15) is 4.90 Å². The van der Waals surface area contributed by atoms with Gasteiger partial charge in [0, 0.05) is 29.6 Å². The highest BCUT2D eigenvalue weighted by Gasteiger charge is 2.60. The molecule has 1 saturated heterocycles. The molecule has 1 saturated carbocycles. The van der Waals surface area contributed by atoms with E-state index in [4.69, 9.17) is 0 Å². The van der Waals surface area contributed by atoms with E-state index in [0.29, 0.717) is 6.54 Å². The van der Waals surface area contributed by atoms with Gasteiger partial charge >= 0.3 is 0 Å². The Morgan fingerprint density at radius 1 is 1.30 bits per heavy atom. The van der Waals surface area contributed by atoms with Crippen molar-refractivity contribution in [1.82, 2.24) is 4.31 Å². The summed E-state index contributed by atoms with van der Waals surface area (Å²) in [5.74, 6) is 0. The average Bonchev–Trinajstić information content (AvgIpc) is 3.34. The molecule has 2 aromatic rings. The van der Waals surface area contributed by atoms with Crippen molar-refractivity contribution in [3.63, 3.8) is 0 Å². The van der Waals surface area contributed by atoms with Crippen LogP contribution in [0, 0.1) is 20.9 Å². The topological polar surface area (TPSA) is 105 Å². The molecule has 30 heavy (non-hydrogen) atoms. The molecule has 2 atom stereocenters. The molecule has 0 spiro atoms. The van der Waals surface area contributed by atoms with E-state index < -0.39 is 14.9 Å². The fourth-order valence-electron chi connectivity index (χ4n) is 4.53. The van der Waals surface area contributed by atoms with Crippen molar-refractivity contribution in [1.29, 1.82) is 0 Å². The van der Waals surface area contributed by atoms with Crippen molar-refractivity contribution in [3.05, 3.63) is 50.7 Å². The Kier molecular flexibility index (Phi) is 4.99. The molecular weight excluding hydrogens is 424 g/mol. The van der Waals surface area contributed by atoms with Crippen LogP contribution in [-0.2, 0) is 10.0 Å². The molecule has 1 aliphatic heterocycles. The van der Waals surface area contributed by atoms with E-state index in [1.165, 1.54) is 27.8 Å². The number of anilines is 1. The van der Waals surface area contributed by atoms with Crippen LogP contribution in [0.4, 0.5) is 11.4 Å². The minimum absolute atomic E-state index is 0.0540. The molecule has 1 aliphatic carbocycles. The van der Waals surface area contributed by atoms with Gasteiger partial charge in [0.25, 0.3) is 5.69 Å². The summed E-state index contributed by atoms with van der Waals surface area (Å²) >= 11 is 1.50. The number of nitro benzene ring substituents is 1. The molecule has 160 valence electrons. The number of thiophene rings is 1. The van der Waals surface area contributed by atoms with Crippen molar-refractivity contribution in [2.45, 2.75) is 44.6 Å². The summed E-state index contributed by atoms with van der Waals surface area (Å²) in [4.78, 5) is 11.5. The summed E-state index contributed by atoms with van der Waals surface area (Å²) < 4.78 is 28.7. The van der Waals surface area contributed by atoms with Crippen LogP contribution in [0.3, 0.4) is 0 Å². The third-order valence-electron chi connectivity index (χ3n) is 6.66. The van der Waals surface area contributed by atoms with E-state index in [9.17, 15) is 18.5 Å². The van der Waals surface area contributed by atoms with Gasteiger partial charge in [-0.2, -0.15) is 9.41 Å². The van der Waals surface area contributed by atoms with Crippen molar-refractivity contribution < 1.29 is 13.3 Å². The fourth-order valence-corrected chi connectivity index (χ4v) is 7.02. The maximum atomic E-state index is 13.6. The predicted molar refractivity (Wildman–Crippen MR) is 117 cm³/mol. The summed E-state index contributed by atoms with van der Waals surface area (Å²) in [6, 6.07) is 7.47. The van der Waals surface area contributed by atoms with Gasteiger partial charge in [-0.15, -0.1) is 11.3 Å². The third kappa shape index (κ3) is 3.42. The first-order valence-corrected chi connectivity index (χ1v) is 12.0. The molecular formula is C20H24N4O4S2. The smallest absolute Gasteiger partial charge is 0.270 e. The van der Waals surface area contributed by atoms with Gasteiger partial charge in [-0.05, 0) is 41.2 Å². The number of sulfonamides is 1. The first-order valence-electron chi connectivity index (χ1n) is 9.66. The van der Waals surface area contributed by atoms with Crippen LogP contribution in [0.5, 0.6) is 0 Å². The molecule has 0 unspecified atom stereocenters. The highest BCUT2D eigenvalue weighted by atomic mass is 32.2. The number of hydrogen-bond acceptors (Lipinski definition) is 7. The van der Waals surface area contributed by atoms with Gasteiger partial charge < -0.3 is 0 Å². The van der Waals surface area contributed by atoms with E-state index in [1.807, 2.05) is 17.5 Å². The minimum Gasteiger partial charge on any atom is -0.277 e. The van der Waals surface area contributed by atoms with E-state index >= 15 is 0 Å². The lowest BCUT2D eigenvalue weighted by molar-refractivity contribution is -0.385. The maximum absolute atomic E-state index is 13.6. The van der Waals surface area contributed by atoms with Crippen LogP contribution in [0.15, 0.2) is 45.7 Å². The van der Waals surface area contributed by atoms with Gasteiger partial charge in [-0.25, -0.2) is 8.42 Å². The molecule has 0 radical (unpaired) electrons. The van der Waals surface area contributed by atoms with Gasteiger partial charge in [0.15, 0.2) is 0 Å². The van der Waals surface area contributed by atoms with Gasteiger partial charge in [-0.3, -0.25) is 15.5 Å². The second-order valence-corrected chi connectivity index (χ2v) is 11.7. The number of hydrazone groups is 1. The Labute approximate surface area is 179 Å². The first-order chi connectivity index (χ1) is 14.0. The van der Waals surface area contributed by atoms with Crippen LogP contribution in [0.2, 0.25) is 0 Å². The number of nitrogens with one attached hydrogen (secondary N) is 1. The van der Waals surface area contributed by atoms with Crippen LogP contribution < -0.4 is 5.43 Å². The fraction of sp³-hybridized carbons (Fsp3) is 0.450. The second kappa shape index (κ2) is 7.14. The number of benzene rings is 1. The average molecular weight is 449 g/mol. The minimum atomic E-state index is -3.93. The molecule has 2 aliphatic rings. The standard InChI is InChI=1S/C20H24N4O4S2/c1-19(2)10-15-11-20(19,3)13-23(15)30(27,28)18-9-14(24(25)26)6-7-17(18)22-21-12-16-5-4-8-29-16/h4-9,12,15,22H,10-11,13H2,1-3H3/b21-12-/t15-,20-/m0/s1. The molecule has 2 fully saturated rings. The number of piperidine rings is 1. The van der Waals surface area contributed by atoms with E-state index in [1.54, 1.807) is 6.21 Å². The van der Waals surface area contributed by atoms with E-state index in [-0.39, 0.29) is 33.1 Å². The lowest BCUT2D eigenvalue weighted by Gasteiger charge is -2.42. The number of rotatable bonds is 6. The predicted octanol–water partition coefficient (Wildman–Crippen LogP) is 4.30. The van der Waals surface area contributed by atoms with E-state index in [2.05, 4.69) is 31.3 Å². The quantitative estimate of drug-likeness (QED) is 0.403. The zero-order chi connectivity index (χ0) is 21.7. The highest BCUT2D eigenvalue weighted by molar-refractivity contribution is 7.89. The van der Waals surface area contributed by atoms with Crippen LogP contribution in [0.25, 0.3) is 0 Å². The SMILES string of the molecule is CC1(C)C[C@H]2C[C@@]1(C)CN2S(=O)(=O)c1cc([N+](=O)[O-])ccc1N/N=C\c1cccs1. The van der Waals surface area contributed by atoms with Crippen molar-refractivity contribution in [2.75, 3.05) is 12.0 Å². The number of nitrogens with zero attached hydrogens (tertiary/aromatic N) is 3. The molecule has 2 bridgehead atoms. The molecule has 8 nitrogen and oxygen atoms in total. The summed E-state index contributed by atoms with van der Waals surface area (Å²) in [5, 5.41) is 17.3.